The molecule has 0 aliphatic carbocycles. The normalized spacial score (nSPS) is 14.6. The second-order valence-electron chi connectivity index (χ2n) is 8.37. The van der Waals surface area contributed by atoms with Gasteiger partial charge in [0.05, 0.1) is 5.69 Å². The molecule has 0 bridgehead atoms. The zero-order chi connectivity index (χ0) is 23.5. The molecule has 0 radical (unpaired) electrons. The molecule has 0 unspecified atom stereocenters. The van der Waals surface area contributed by atoms with E-state index in [-0.39, 0.29) is 17.5 Å². The Bertz CT molecular complexity index is 1290. The van der Waals surface area contributed by atoms with Crippen molar-refractivity contribution in [1.29, 1.82) is 0 Å². The topological polar surface area (TPSA) is 87.6 Å². The lowest BCUT2D eigenvalue weighted by Gasteiger charge is -2.36. The van der Waals surface area contributed by atoms with Crippen molar-refractivity contribution in [1.82, 2.24) is 20.4 Å². The van der Waals surface area contributed by atoms with Crippen LogP contribution in [0.4, 0.5) is 10.1 Å². The number of aryl methyl sites for hydroxylation is 1. The molecule has 1 fully saturated rings. The van der Waals surface area contributed by atoms with Crippen LogP contribution in [-0.4, -0.2) is 60.2 Å². The number of aromatic nitrogens is 2. The maximum atomic E-state index is 14.0. The SMILES string of the molecule is Cc1c(-c2noc(C(=O)NCCCN3CCN(c4ccccc4F)CC3)n2)oc2ccccc12. The summed E-state index contributed by atoms with van der Waals surface area (Å²) in [6.07, 6.45) is 0.787. The highest BCUT2D eigenvalue weighted by molar-refractivity contribution is 5.90. The first kappa shape index (κ1) is 22.1. The Hall–Kier alpha value is -3.72. The van der Waals surface area contributed by atoms with Gasteiger partial charge in [0.15, 0.2) is 5.76 Å². The van der Waals surface area contributed by atoms with Gasteiger partial charge in [-0.25, -0.2) is 4.39 Å². The largest absolute Gasteiger partial charge is 0.452 e. The summed E-state index contributed by atoms with van der Waals surface area (Å²) in [5, 5.41) is 7.73. The van der Waals surface area contributed by atoms with Crippen LogP contribution in [0.15, 0.2) is 57.5 Å². The van der Waals surface area contributed by atoms with Crippen LogP contribution in [0.25, 0.3) is 22.6 Å². The first-order chi connectivity index (χ1) is 16.6. The summed E-state index contributed by atoms with van der Waals surface area (Å²) in [5.41, 5.74) is 2.30. The molecule has 176 valence electrons. The van der Waals surface area contributed by atoms with Crippen LogP contribution in [-0.2, 0) is 0 Å². The maximum Gasteiger partial charge on any atom is 0.316 e. The number of amides is 1. The minimum atomic E-state index is -0.406. The van der Waals surface area contributed by atoms with Gasteiger partial charge in [-0.15, -0.1) is 0 Å². The molecule has 1 saturated heterocycles. The first-order valence-corrected chi connectivity index (χ1v) is 11.4. The zero-order valence-electron chi connectivity index (χ0n) is 19.0. The van der Waals surface area contributed by atoms with Gasteiger partial charge in [-0.2, -0.15) is 4.98 Å². The maximum absolute atomic E-state index is 14.0. The molecule has 3 heterocycles. The van der Waals surface area contributed by atoms with Crippen LogP contribution in [0.5, 0.6) is 0 Å². The molecule has 1 N–H and O–H groups in total. The third-order valence-electron chi connectivity index (χ3n) is 6.17. The van der Waals surface area contributed by atoms with E-state index in [0.717, 1.165) is 55.7 Å². The molecule has 8 nitrogen and oxygen atoms in total. The number of anilines is 1. The highest BCUT2D eigenvalue weighted by atomic mass is 19.1. The molecule has 0 atom stereocenters. The van der Waals surface area contributed by atoms with Crippen molar-refractivity contribution >= 4 is 22.6 Å². The van der Waals surface area contributed by atoms with Gasteiger partial charge in [0, 0.05) is 43.7 Å². The third kappa shape index (κ3) is 4.51. The summed E-state index contributed by atoms with van der Waals surface area (Å²) in [5.74, 6) is 0.0775. The number of nitrogens with zero attached hydrogens (tertiary/aromatic N) is 4. The molecular weight excluding hydrogens is 437 g/mol. The number of piperazine rings is 1. The third-order valence-corrected chi connectivity index (χ3v) is 6.17. The van der Waals surface area contributed by atoms with Gasteiger partial charge in [-0.3, -0.25) is 9.69 Å². The van der Waals surface area contributed by atoms with E-state index in [1.807, 2.05) is 43.3 Å². The van der Waals surface area contributed by atoms with Crippen molar-refractivity contribution in [2.24, 2.45) is 0 Å². The van der Waals surface area contributed by atoms with Crippen LogP contribution in [0.1, 0.15) is 22.7 Å². The molecule has 9 heteroatoms. The van der Waals surface area contributed by atoms with Crippen LogP contribution in [0.2, 0.25) is 0 Å². The molecule has 0 saturated carbocycles. The van der Waals surface area contributed by atoms with Gasteiger partial charge < -0.3 is 19.2 Å². The van der Waals surface area contributed by atoms with Crippen LogP contribution >= 0.6 is 0 Å². The van der Waals surface area contributed by atoms with E-state index in [1.165, 1.54) is 6.07 Å². The zero-order valence-corrected chi connectivity index (χ0v) is 19.0. The van der Waals surface area contributed by atoms with E-state index in [1.54, 1.807) is 6.07 Å². The summed E-state index contributed by atoms with van der Waals surface area (Å²) >= 11 is 0. The number of benzene rings is 2. The summed E-state index contributed by atoms with van der Waals surface area (Å²) in [7, 11) is 0. The smallest absolute Gasteiger partial charge is 0.316 e. The lowest BCUT2D eigenvalue weighted by atomic mass is 10.1. The molecule has 1 aliphatic rings. The Morgan fingerprint density at radius 1 is 1.09 bits per heavy atom. The average molecular weight is 464 g/mol. The molecular formula is C25H26FN5O3. The van der Waals surface area contributed by atoms with Crippen LogP contribution in [0.3, 0.4) is 0 Å². The molecule has 1 aliphatic heterocycles. The standard InChI is InChI=1S/C25H26FN5O3/c1-17-18-7-2-5-10-21(18)33-22(17)23-28-25(34-29-23)24(32)27-11-6-12-30-13-15-31(16-14-30)20-9-4-3-8-19(20)26/h2-5,7-10H,6,11-16H2,1H3,(H,27,32). The Balaban J connectivity index is 1.08. The quantitative estimate of drug-likeness (QED) is 0.416. The molecule has 0 spiro atoms. The van der Waals surface area contributed by atoms with Crippen molar-refractivity contribution in [2.45, 2.75) is 13.3 Å². The van der Waals surface area contributed by atoms with E-state index >= 15 is 0 Å². The monoisotopic (exact) mass is 463 g/mol. The van der Waals surface area contributed by atoms with Gasteiger partial charge in [0.2, 0.25) is 5.82 Å². The van der Waals surface area contributed by atoms with Gasteiger partial charge >= 0.3 is 11.8 Å². The summed E-state index contributed by atoms with van der Waals surface area (Å²) in [4.78, 5) is 21.0. The molecule has 5 rings (SSSR count). The Morgan fingerprint density at radius 2 is 1.85 bits per heavy atom. The number of carbonyl (C=O) groups excluding carboxylic acids is 1. The first-order valence-electron chi connectivity index (χ1n) is 11.4. The second-order valence-corrected chi connectivity index (χ2v) is 8.37. The molecule has 1 amide bonds. The number of halogens is 1. The Kier molecular flexibility index (Phi) is 6.27. The van der Waals surface area contributed by atoms with E-state index in [0.29, 0.717) is 18.0 Å². The molecule has 2 aromatic heterocycles. The van der Waals surface area contributed by atoms with Gasteiger partial charge in [0.25, 0.3) is 0 Å². The van der Waals surface area contributed by atoms with Gasteiger partial charge in [-0.1, -0.05) is 35.5 Å². The summed E-state index contributed by atoms with van der Waals surface area (Å²) in [6.45, 7) is 6.52. The fraction of sp³-hybridized carbons (Fsp3) is 0.320. The van der Waals surface area contributed by atoms with Gasteiger partial charge in [0.1, 0.15) is 11.4 Å². The van der Waals surface area contributed by atoms with E-state index < -0.39 is 5.91 Å². The summed E-state index contributed by atoms with van der Waals surface area (Å²) < 4.78 is 25.0. The van der Waals surface area contributed by atoms with Crippen molar-refractivity contribution in [3.63, 3.8) is 0 Å². The minimum Gasteiger partial charge on any atom is -0.452 e. The molecule has 34 heavy (non-hydrogen) atoms. The number of hydrogen-bond donors (Lipinski definition) is 1. The number of para-hydroxylation sites is 2. The van der Waals surface area contributed by atoms with E-state index in [2.05, 4.69) is 25.3 Å². The highest BCUT2D eigenvalue weighted by Gasteiger charge is 2.22. The molecule has 4 aromatic rings. The van der Waals surface area contributed by atoms with Crippen LogP contribution in [0, 0.1) is 12.7 Å². The van der Waals surface area contributed by atoms with Crippen molar-refractivity contribution in [3.8, 4) is 11.6 Å². The van der Waals surface area contributed by atoms with Crippen molar-refractivity contribution in [2.75, 3.05) is 44.2 Å². The van der Waals surface area contributed by atoms with Crippen LogP contribution < -0.4 is 10.2 Å². The lowest BCUT2D eigenvalue weighted by molar-refractivity contribution is 0.0907. The minimum absolute atomic E-state index is 0.0895. The number of hydrogen-bond acceptors (Lipinski definition) is 7. The Morgan fingerprint density at radius 3 is 2.65 bits per heavy atom. The van der Waals surface area contributed by atoms with E-state index in [9.17, 15) is 9.18 Å². The fourth-order valence-corrected chi connectivity index (χ4v) is 4.30. The molecule has 2 aromatic carbocycles. The number of fused-ring (bicyclic) bond motifs is 1. The highest BCUT2D eigenvalue weighted by Crippen LogP contribution is 2.31. The predicted molar refractivity (Wildman–Crippen MR) is 126 cm³/mol. The lowest BCUT2D eigenvalue weighted by Crippen LogP contribution is -2.47. The van der Waals surface area contributed by atoms with E-state index in [4.69, 9.17) is 8.94 Å². The number of carbonyl (C=O) groups is 1. The number of rotatable bonds is 7. The fourth-order valence-electron chi connectivity index (χ4n) is 4.30. The Labute approximate surface area is 196 Å². The summed E-state index contributed by atoms with van der Waals surface area (Å²) in [6, 6.07) is 14.5. The van der Waals surface area contributed by atoms with Crippen molar-refractivity contribution < 1.29 is 18.1 Å². The second kappa shape index (κ2) is 9.64. The van der Waals surface area contributed by atoms with Crippen molar-refractivity contribution in [3.05, 3.63) is 65.8 Å². The van der Waals surface area contributed by atoms with Gasteiger partial charge in [-0.05, 0) is 38.1 Å². The average Bonchev–Trinajstić information content (AvgIpc) is 3.48. The number of nitrogens with one attached hydrogen (secondary N) is 1. The predicted octanol–water partition coefficient (Wildman–Crippen LogP) is 3.87. The number of furan rings is 1.